The maximum Gasteiger partial charge on any atom is 0.342 e. The van der Waals surface area contributed by atoms with Crippen molar-refractivity contribution in [2.75, 3.05) is 24.7 Å². The van der Waals surface area contributed by atoms with E-state index in [0.717, 1.165) is 11.3 Å². The van der Waals surface area contributed by atoms with Crippen LogP contribution >= 0.6 is 11.8 Å². The molecule has 10 heteroatoms. The van der Waals surface area contributed by atoms with Crippen molar-refractivity contribution < 1.29 is 9.34 Å². The number of anilines is 1. The third kappa shape index (κ3) is 3.85. The summed E-state index contributed by atoms with van der Waals surface area (Å²) in [7, 11) is 3.95. The molecule has 0 N–H and O–H groups in total. The summed E-state index contributed by atoms with van der Waals surface area (Å²) in [4.78, 5) is 16.5. The third-order valence-corrected chi connectivity index (χ3v) is 4.60. The third-order valence-electron chi connectivity index (χ3n) is 3.80. The van der Waals surface area contributed by atoms with Gasteiger partial charge in [-0.25, -0.2) is 9.55 Å². The van der Waals surface area contributed by atoms with Gasteiger partial charge in [-0.2, -0.15) is 0 Å². The van der Waals surface area contributed by atoms with Crippen LogP contribution in [0.2, 0.25) is 0 Å². The van der Waals surface area contributed by atoms with Crippen LogP contribution in [-0.4, -0.2) is 44.5 Å². The summed E-state index contributed by atoms with van der Waals surface area (Å²) in [6, 6.07) is 7.81. The van der Waals surface area contributed by atoms with Gasteiger partial charge in [-0.15, -0.1) is 10.2 Å². The van der Waals surface area contributed by atoms with Crippen LogP contribution < -0.4 is 4.90 Å². The fourth-order valence-electron chi connectivity index (χ4n) is 2.39. The van der Waals surface area contributed by atoms with Crippen LogP contribution in [0.1, 0.15) is 5.82 Å². The molecule has 0 saturated carbocycles. The molecule has 2 aromatic heterocycles. The highest BCUT2D eigenvalue weighted by atomic mass is 32.2. The molecule has 2 heterocycles. The molecular formula is C16H18N6O3S. The standard InChI is InChI=1S/C16H18N6O3S/c1-11-17-10-14(22(23)24)21(11)8-9-26-16-19-18-15(25-16)12-4-6-13(7-5-12)20(2)3/h4-7,10H,8-9H2,1-3H3. The van der Waals surface area contributed by atoms with Crippen LogP contribution in [0, 0.1) is 17.0 Å². The number of aryl methyl sites for hydroxylation is 1. The van der Waals surface area contributed by atoms with Crippen LogP contribution in [0.15, 0.2) is 40.1 Å². The van der Waals surface area contributed by atoms with E-state index >= 15 is 0 Å². The Kier molecular flexibility index (Phi) is 5.21. The molecule has 0 amide bonds. The summed E-state index contributed by atoms with van der Waals surface area (Å²) in [5.74, 6) is 1.58. The molecule has 136 valence electrons. The Morgan fingerprint density at radius 1 is 1.27 bits per heavy atom. The second-order valence-electron chi connectivity index (χ2n) is 5.74. The number of hydrogen-bond donors (Lipinski definition) is 0. The summed E-state index contributed by atoms with van der Waals surface area (Å²) < 4.78 is 7.23. The monoisotopic (exact) mass is 374 g/mol. The lowest BCUT2D eigenvalue weighted by atomic mass is 10.2. The summed E-state index contributed by atoms with van der Waals surface area (Å²) in [6.45, 7) is 2.17. The first-order chi connectivity index (χ1) is 12.5. The minimum absolute atomic E-state index is 0.0182. The predicted octanol–water partition coefficient (Wildman–Crippen LogP) is 3.01. The lowest BCUT2D eigenvalue weighted by Crippen LogP contribution is -2.07. The number of benzene rings is 1. The van der Waals surface area contributed by atoms with Gasteiger partial charge in [0, 0.05) is 38.0 Å². The van der Waals surface area contributed by atoms with Gasteiger partial charge in [0.25, 0.3) is 5.22 Å². The zero-order valence-corrected chi connectivity index (χ0v) is 15.4. The Morgan fingerprint density at radius 2 is 2.00 bits per heavy atom. The number of imidazole rings is 1. The number of aromatic nitrogens is 4. The Labute approximate surface area is 154 Å². The maximum absolute atomic E-state index is 11.0. The molecule has 9 nitrogen and oxygen atoms in total. The minimum Gasteiger partial charge on any atom is -0.411 e. The van der Waals surface area contributed by atoms with Gasteiger partial charge in [0.2, 0.25) is 5.89 Å². The first-order valence-corrected chi connectivity index (χ1v) is 8.85. The lowest BCUT2D eigenvalue weighted by Gasteiger charge is -2.11. The molecular weight excluding hydrogens is 356 g/mol. The van der Waals surface area contributed by atoms with Crippen LogP contribution in [0.5, 0.6) is 0 Å². The number of nitro groups is 1. The van der Waals surface area contributed by atoms with Crippen molar-refractivity contribution in [2.45, 2.75) is 18.7 Å². The molecule has 0 aliphatic carbocycles. The van der Waals surface area contributed by atoms with Crippen molar-refractivity contribution in [2.24, 2.45) is 0 Å². The van der Waals surface area contributed by atoms with E-state index in [2.05, 4.69) is 15.2 Å². The van der Waals surface area contributed by atoms with Gasteiger partial charge in [0.1, 0.15) is 12.7 Å². The van der Waals surface area contributed by atoms with Gasteiger partial charge in [0.15, 0.2) is 5.82 Å². The summed E-state index contributed by atoms with van der Waals surface area (Å²) in [5, 5.41) is 19.5. The minimum atomic E-state index is -0.438. The van der Waals surface area contributed by atoms with E-state index in [0.29, 0.717) is 29.2 Å². The quantitative estimate of drug-likeness (QED) is 0.353. The number of nitrogens with zero attached hydrogens (tertiary/aromatic N) is 6. The first-order valence-electron chi connectivity index (χ1n) is 7.86. The molecule has 0 atom stereocenters. The molecule has 0 spiro atoms. The van der Waals surface area contributed by atoms with E-state index in [-0.39, 0.29) is 5.82 Å². The normalized spacial score (nSPS) is 10.9. The molecule has 1 aromatic carbocycles. The Morgan fingerprint density at radius 3 is 2.65 bits per heavy atom. The molecule has 0 aliphatic rings. The number of hydrogen-bond acceptors (Lipinski definition) is 8. The maximum atomic E-state index is 11.0. The van der Waals surface area contributed by atoms with Crippen LogP contribution in [0.25, 0.3) is 11.5 Å². The van der Waals surface area contributed by atoms with Gasteiger partial charge in [-0.3, -0.25) is 0 Å². The van der Waals surface area contributed by atoms with Crippen LogP contribution in [0.3, 0.4) is 0 Å². The number of thioether (sulfide) groups is 1. The van der Waals surface area contributed by atoms with E-state index in [1.165, 1.54) is 18.0 Å². The zero-order chi connectivity index (χ0) is 18.7. The van der Waals surface area contributed by atoms with Crippen molar-refractivity contribution in [1.82, 2.24) is 19.7 Å². The zero-order valence-electron chi connectivity index (χ0n) is 14.6. The molecule has 26 heavy (non-hydrogen) atoms. The highest BCUT2D eigenvalue weighted by molar-refractivity contribution is 7.99. The van der Waals surface area contributed by atoms with Gasteiger partial charge < -0.3 is 19.4 Å². The Balaban J connectivity index is 1.62. The SMILES string of the molecule is Cc1ncc([N+](=O)[O-])n1CCSc1nnc(-c2ccc(N(C)C)cc2)o1. The summed E-state index contributed by atoms with van der Waals surface area (Å²) >= 11 is 1.35. The summed E-state index contributed by atoms with van der Waals surface area (Å²) in [5.41, 5.74) is 1.93. The smallest absolute Gasteiger partial charge is 0.342 e. The van der Waals surface area contributed by atoms with Gasteiger partial charge in [-0.1, -0.05) is 11.8 Å². The second-order valence-corrected chi connectivity index (χ2v) is 6.78. The fraction of sp³-hybridized carbons (Fsp3) is 0.312. The first kappa shape index (κ1) is 17.9. The Hall–Kier alpha value is -2.88. The topological polar surface area (TPSA) is 103 Å². The second kappa shape index (κ2) is 7.56. The molecule has 0 aliphatic heterocycles. The van der Waals surface area contributed by atoms with Crippen molar-refractivity contribution in [3.8, 4) is 11.5 Å². The Bertz CT molecular complexity index is 903. The molecule has 0 saturated heterocycles. The van der Waals surface area contributed by atoms with Crippen molar-refractivity contribution in [1.29, 1.82) is 0 Å². The lowest BCUT2D eigenvalue weighted by molar-refractivity contribution is -0.392. The molecule has 3 rings (SSSR count). The fourth-order valence-corrected chi connectivity index (χ4v) is 3.07. The molecule has 0 radical (unpaired) electrons. The molecule has 0 fully saturated rings. The van der Waals surface area contributed by atoms with Crippen molar-refractivity contribution >= 4 is 23.3 Å². The van der Waals surface area contributed by atoms with Crippen LogP contribution in [0.4, 0.5) is 11.5 Å². The highest BCUT2D eigenvalue weighted by Gasteiger charge is 2.17. The molecule has 0 bridgehead atoms. The largest absolute Gasteiger partial charge is 0.411 e. The van der Waals surface area contributed by atoms with Crippen LogP contribution in [-0.2, 0) is 6.54 Å². The predicted molar refractivity (Wildman–Crippen MR) is 98.4 cm³/mol. The van der Waals surface area contributed by atoms with E-state index in [9.17, 15) is 10.1 Å². The van der Waals surface area contributed by atoms with E-state index in [1.54, 1.807) is 11.5 Å². The van der Waals surface area contributed by atoms with E-state index < -0.39 is 4.92 Å². The molecule has 3 aromatic rings. The average molecular weight is 374 g/mol. The average Bonchev–Trinajstić information content (AvgIpc) is 3.22. The van der Waals surface area contributed by atoms with Gasteiger partial charge in [0.05, 0.1) is 0 Å². The van der Waals surface area contributed by atoms with E-state index in [4.69, 9.17) is 4.42 Å². The van der Waals surface area contributed by atoms with Gasteiger partial charge in [-0.05, 0) is 29.2 Å². The van der Waals surface area contributed by atoms with Gasteiger partial charge >= 0.3 is 5.82 Å². The van der Waals surface area contributed by atoms with Crippen molar-refractivity contribution in [3.05, 3.63) is 46.4 Å². The summed E-state index contributed by atoms with van der Waals surface area (Å²) in [6.07, 6.45) is 1.27. The molecule has 0 unspecified atom stereocenters. The van der Waals surface area contributed by atoms with E-state index in [1.807, 2.05) is 43.3 Å². The number of rotatable bonds is 7. The highest BCUT2D eigenvalue weighted by Crippen LogP contribution is 2.25. The van der Waals surface area contributed by atoms with Crippen molar-refractivity contribution in [3.63, 3.8) is 0 Å².